The van der Waals surface area contributed by atoms with Gasteiger partial charge in [0.2, 0.25) is 0 Å². The van der Waals surface area contributed by atoms with E-state index < -0.39 is 0 Å². The van der Waals surface area contributed by atoms with Crippen molar-refractivity contribution in [2.24, 2.45) is 0 Å². The number of hydrogen-bond acceptors (Lipinski definition) is 3. The second-order valence-corrected chi connectivity index (χ2v) is 5.24. The van der Waals surface area contributed by atoms with Gasteiger partial charge in [-0.15, -0.1) is 0 Å². The van der Waals surface area contributed by atoms with E-state index in [0.717, 1.165) is 43.4 Å². The Bertz CT molecular complexity index is 599. The van der Waals surface area contributed by atoms with Crippen LogP contribution in [0.5, 0.6) is 0 Å². The molecule has 1 N–H and O–H groups in total. The van der Waals surface area contributed by atoms with Crippen LogP contribution in [0.3, 0.4) is 0 Å². The molecule has 1 aromatic carbocycles. The lowest BCUT2D eigenvalue weighted by Crippen LogP contribution is -2.48. The predicted molar refractivity (Wildman–Crippen MR) is 78.8 cm³/mol. The first-order chi connectivity index (χ1) is 9.81. The summed E-state index contributed by atoms with van der Waals surface area (Å²) in [7, 11) is 0. The zero-order valence-corrected chi connectivity index (χ0v) is 11.8. The highest BCUT2D eigenvalue weighted by atomic mass is 16.3. The molecule has 0 spiro atoms. The van der Waals surface area contributed by atoms with Gasteiger partial charge in [0.05, 0.1) is 5.56 Å². The zero-order chi connectivity index (χ0) is 13.9. The van der Waals surface area contributed by atoms with Crippen LogP contribution in [0.25, 0.3) is 11.0 Å². The van der Waals surface area contributed by atoms with E-state index >= 15 is 0 Å². The van der Waals surface area contributed by atoms with E-state index in [1.165, 1.54) is 0 Å². The highest BCUT2D eigenvalue weighted by Gasteiger charge is 2.26. The van der Waals surface area contributed by atoms with Crippen LogP contribution in [0.1, 0.15) is 30.1 Å². The maximum Gasteiger partial charge on any atom is 0.258 e. The van der Waals surface area contributed by atoms with Gasteiger partial charge in [0.25, 0.3) is 5.91 Å². The van der Waals surface area contributed by atoms with Gasteiger partial charge in [0.15, 0.2) is 0 Å². The molecule has 106 valence electrons. The Morgan fingerprint density at radius 2 is 2.30 bits per heavy atom. The number of para-hydroxylation sites is 1. The van der Waals surface area contributed by atoms with E-state index in [1.54, 1.807) is 6.26 Å². The number of furan rings is 1. The van der Waals surface area contributed by atoms with E-state index in [1.807, 2.05) is 36.1 Å². The Balaban J connectivity index is 1.89. The molecule has 1 saturated heterocycles. The van der Waals surface area contributed by atoms with Crippen LogP contribution in [-0.4, -0.2) is 36.5 Å². The topological polar surface area (TPSA) is 45.5 Å². The van der Waals surface area contributed by atoms with E-state index in [2.05, 4.69) is 5.32 Å². The summed E-state index contributed by atoms with van der Waals surface area (Å²) in [4.78, 5) is 14.8. The lowest BCUT2D eigenvalue weighted by Gasteiger charge is -2.33. The molecule has 4 nitrogen and oxygen atoms in total. The first-order valence-electron chi connectivity index (χ1n) is 7.29. The molecule has 2 aromatic rings. The van der Waals surface area contributed by atoms with Crippen LogP contribution in [0.4, 0.5) is 0 Å². The highest BCUT2D eigenvalue weighted by molar-refractivity contribution is 6.06. The number of nitrogens with one attached hydrogen (secondary N) is 1. The molecule has 2 heterocycles. The monoisotopic (exact) mass is 272 g/mol. The second kappa shape index (κ2) is 5.67. The van der Waals surface area contributed by atoms with Crippen molar-refractivity contribution in [2.75, 3.05) is 19.6 Å². The molecule has 1 aliphatic heterocycles. The summed E-state index contributed by atoms with van der Waals surface area (Å²) < 4.78 is 5.49. The van der Waals surface area contributed by atoms with E-state index in [-0.39, 0.29) is 11.9 Å². The number of carbonyl (C=O) groups excluding carboxylic acids is 1. The molecule has 1 unspecified atom stereocenters. The second-order valence-electron chi connectivity index (χ2n) is 5.24. The van der Waals surface area contributed by atoms with Gasteiger partial charge in [-0.2, -0.15) is 0 Å². The van der Waals surface area contributed by atoms with Crippen molar-refractivity contribution < 1.29 is 9.21 Å². The van der Waals surface area contributed by atoms with Crippen LogP contribution in [0.15, 0.2) is 34.9 Å². The zero-order valence-electron chi connectivity index (χ0n) is 11.8. The van der Waals surface area contributed by atoms with Crippen LogP contribution in [0, 0.1) is 0 Å². The number of rotatable bonds is 3. The van der Waals surface area contributed by atoms with Crippen LogP contribution < -0.4 is 5.32 Å². The summed E-state index contributed by atoms with van der Waals surface area (Å²) in [6.45, 7) is 4.70. The molecule has 20 heavy (non-hydrogen) atoms. The minimum Gasteiger partial charge on any atom is -0.463 e. The van der Waals surface area contributed by atoms with Crippen molar-refractivity contribution >= 4 is 16.9 Å². The molecule has 1 amide bonds. The third-order valence-corrected chi connectivity index (χ3v) is 4.02. The minimum atomic E-state index is 0.0751. The molecule has 1 fully saturated rings. The van der Waals surface area contributed by atoms with Crippen molar-refractivity contribution in [1.29, 1.82) is 0 Å². The highest BCUT2D eigenvalue weighted by Crippen LogP contribution is 2.23. The fourth-order valence-electron chi connectivity index (χ4n) is 2.97. The predicted octanol–water partition coefficient (Wildman–Crippen LogP) is 2.65. The number of likely N-dealkylation sites (N-methyl/N-ethyl adjacent to an activating group) is 1. The fraction of sp³-hybridized carbons (Fsp3) is 0.438. The molecule has 1 aliphatic rings. The Kier molecular flexibility index (Phi) is 3.74. The van der Waals surface area contributed by atoms with Gasteiger partial charge < -0.3 is 14.6 Å². The SMILES string of the molecule is CCN(C(=O)c1coc2ccccc12)C1CCCNC1. The molecule has 0 radical (unpaired) electrons. The van der Waals surface area contributed by atoms with E-state index in [4.69, 9.17) is 4.42 Å². The number of amides is 1. The normalized spacial score (nSPS) is 19.1. The Morgan fingerprint density at radius 1 is 1.45 bits per heavy atom. The van der Waals surface area contributed by atoms with Crippen molar-refractivity contribution in [2.45, 2.75) is 25.8 Å². The smallest absolute Gasteiger partial charge is 0.258 e. The standard InChI is InChI=1S/C16H20N2O2/c1-2-18(12-6-5-9-17-10-12)16(19)14-11-20-15-8-4-3-7-13(14)15/h3-4,7-8,11-12,17H,2,5-6,9-10H2,1H3. The molecule has 0 aliphatic carbocycles. The molecule has 1 aromatic heterocycles. The summed E-state index contributed by atoms with van der Waals surface area (Å²) in [6, 6.07) is 7.98. The fourth-order valence-corrected chi connectivity index (χ4v) is 2.97. The molecular weight excluding hydrogens is 252 g/mol. The van der Waals surface area contributed by atoms with Gasteiger partial charge in [-0.3, -0.25) is 4.79 Å². The lowest BCUT2D eigenvalue weighted by atomic mass is 10.0. The van der Waals surface area contributed by atoms with Crippen molar-refractivity contribution in [3.05, 3.63) is 36.1 Å². The van der Waals surface area contributed by atoms with Crippen molar-refractivity contribution in [3.63, 3.8) is 0 Å². The molecule has 3 rings (SSSR count). The molecular formula is C16H20N2O2. The summed E-state index contributed by atoms with van der Waals surface area (Å²) >= 11 is 0. The molecule has 0 saturated carbocycles. The summed E-state index contributed by atoms with van der Waals surface area (Å²) in [6.07, 6.45) is 3.79. The Hall–Kier alpha value is -1.81. The number of nitrogens with zero attached hydrogens (tertiary/aromatic N) is 1. The number of hydrogen-bond donors (Lipinski definition) is 1. The lowest BCUT2D eigenvalue weighted by molar-refractivity contribution is 0.0663. The summed E-state index contributed by atoms with van der Waals surface area (Å²) in [5.74, 6) is 0.0751. The Labute approximate surface area is 118 Å². The maximum atomic E-state index is 12.8. The largest absolute Gasteiger partial charge is 0.463 e. The van der Waals surface area contributed by atoms with Crippen LogP contribution in [-0.2, 0) is 0 Å². The van der Waals surface area contributed by atoms with Gasteiger partial charge >= 0.3 is 0 Å². The average Bonchev–Trinajstić information content (AvgIpc) is 2.93. The first kappa shape index (κ1) is 13.2. The van der Waals surface area contributed by atoms with Crippen molar-refractivity contribution in [1.82, 2.24) is 10.2 Å². The maximum absolute atomic E-state index is 12.8. The van der Waals surface area contributed by atoms with Crippen LogP contribution >= 0.6 is 0 Å². The first-order valence-corrected chi connectivity index (χ1v) is 7.29. The Morgan fingerprint density at radius 3 is 3.05 bits per heavy atom. The minimum absolute atomic E-state index is 0.0751. The van der Waals surface area contributed by atoms with Gasteiger partial charge in [-0.25, -0.2) is 0 Å². The third kappa shape index (κ3) is 2.31. The van der Waals surface area contributed by atoms with Gasteiger partial charge in [0.1, 0.15) is 11.8 Å². The van der Waals surface area contributed by atoms with Gasteiger partial charge in [-0.1, -0.05) is 18.2 Å². The number of fused-ring (bicyclic) bond motifs is 1. The summed E-state index contributed by atoms with van der Waals surface area (Å²) in [5, 5.41) is 4.27. The van der Waals surface area contributed by atoms with Gasteiger partial charge in [-0.05, 0) is 32.4 Å². The van der Waals surface area contributed by atoms with E-state index in [0.29, 0.717) is 5.56 Å². The quantitative estimate of drug-likeness (QED) is 0.934. The molecule has 4 heteroatoms. The molecule has 1 atom stereocenters. The number of carbonyl (C=O) groups is 1. The van der Waals surface area contributed by atoms with Gasteiger partial charge in [0, 0.05) is 24.5 Å². The average molecular weight is 272 g/mol. The number of benzene rings is 1. The third-order valence-electron chi connectivity index (χ3n) is 4.02. The molecule has 0 bridgehead atoms. The summed E-state index contributed by atoms with van der Waals surface area (Å²) in [5.41, 5.74) is 1.45. The van der Waals surface area contributed by atoms with E-state index in [9.17, 15) is 4.79 Å². The van der Waals surface area contributed by atoms with Crippen molar-refractivity contribution in [3.8, 4) is 0 Å². The van der Waals surface area contributed by atoms with Crippen LogP contribution in [0.2, 0.25) is 0 Å². The number of piperidine rings is 1.